The van der Waals surface area contributed by atoms with Crippen LogP contribution in [0.25, 0.3) is 0 Å². The van der Waals surface area contributed by atoms with E-state index in [4.69, 9.17) is 0 Å². The fraction of sp³-hybridized carbons (Fsp3) is 0.385. The molecule has 1 N–H and O–H groups in total. The minimum atomic E-state index is -0.628. The minimum Gasteiger partial charge on any atom is -0.353 e. The Bertz CT molecular complexity index is 585. The standard InChI is InChI=1S/C13H15N3O4/c1-8-3-4-11(16(19)20)10(7-8)13(18)15-6-5-14-12(17)9(15)2/h3-4,7,9H,5-6H2,1-2H3,(H,14,17). The zero-order valence-corrected chi connectivity index (χ0v) is 11.3. The summed E-state index contributed by atoms with van der Waals surface area (Å²) in [5, 5.41) is 13.7. The fourth-order valence-corrected chi connectivity index (χ4v) is 2.19. The summed E-state index contributed by atoms with van der Waals surface area (Å²) in [6.45, 7) is 4.06. The molecule has 7 heteroatoms. The SMILES string of the molecule is Cc1ccc([N+](=O)[O-])c(C(=O)N2CCNC(=O)C2C)c1. The van der Waals surface area contributed by atoms with Crippen LogP contribution in [0.1, 0.15) is 22.8 Å². The molecule has 106 valence electrons. The molecule has 1 unspecified atom stereocenters. The number of benzene rings is 1. The summed E-state index contributed by atoms with van der Waals surface area (Å²) in [5.41, 5.74) is 0.545. The van der Waals surface area contributed by atoms with Crippen LogP contribution in [-0.4, -0.2) is 40.8 Å². The molecule has 1 aliphatic heterocycles. The molecule has 0 bridgehead atoms. The van der Waals surface area contributed by atoms with Crippen LogP contribution in [-0.2, 0) is 4.79 Å². The van der Waals surface area contributed by atoms with Gasteiger partial charge in [-0.25, -0.2) is 0 Å². The van der Waals surface area contributed by atoms with Crippen LogP contribution in [0.2, 0.25) is 0 Å². The Kier molecular flexibility index (Phi) is 3.69. The number of hydrogen-bond donors (Lipinski definition) is 1. The quantitative estimate of drug-likeness (QED) is 0.641. The van der Waals surface area contributed by atoms with Crippen LogP contribution in [0, 0.1) is 17.0 Å². The van der Waals surface area contributed by atoms with Crippen molar-refractivity contribution in [2.24, 2.45) is 0 Å². The molecule has 7 nitrogen and oxygen atoms in total. The third-order valence-corrected chi connectivity index (χ3v) is 3.34. The highest BCUT2D eigenvalue weighted by atomic mass is 16.6. The van der Waals surface area contributed by atoms with Crippen molar-refractivity contribution in [2.75, 3.05) is 13.1 Å². The number of carbonyl (C=O) groups excluding carboxylic acids is 2. The minimum absolute atomic E-state index is 0.0246. The highest BCUT2D eigenvalue weighted by Gasteiger charge is 2.33. The van der Waals surface area contributed by atoms with Crippen molar-refractivity contribution in [3.63, 3.8) is 0 Å². The molecule has 0 aliphatic carbocycles. The maximum atomic E-state index is 12.5. The molecule has 1 aromatic rings. The number of nitro benzene ring substituents is 1. The molecule has 0 saturated carbocycles. The number of aryl methyl sites for hydroxylation is 1. The second-order valence-electron chi connectivity index (χ2n) is 4.74. The first kappa shape index (κ1) is 14.0. The monoisotopic (exact) mass is 277 g/mol. The smallest absolute Gasteiger partial charge is 0.282 e. The Labute approximate surface area is 115 Å². The number of piperazine rings is 1. The summed E-state index contributed by atoms with van der Waals surface area (Å²) in [6, 6.07) is 3.76. The van der Waals surface area contributed by atoms with Crippen LogP contribution >= 0.6 is 0 Å². The van der Waals surface area contributed by atoms with E-state index >= 15 is 0 Å². The number of nitro groups is 1. The van der Waals surface area contributed by atoms with Gasteiger partial charge in [-0.1, -0.05) is 6.07 Å². The van der Waals surface area contributed by atoms with Crippen molar-refractivity contribution in [1.82, 2.24) is 10.2 Å². The number of carbonyl (C=O) groups is 2. The number of hydrogen-bond acceptors (Lipinski definition) is 4. The average Bonchev–Trinajstić information content (AvgIpc) is 2.40. The van der Waals surface area contributed by atoms with Gasteiger partial charge in [0.2, 0.25) is 5.91 Å². The van der Waals surface area contributed by atoms with Gasteiger partial charge < -0.3 is 10.2 Å². The lowest BCUT2D eigenvalue weighted by Gasteiger charge is -2.32. The lowest BCUT2D eigenvalue weighted by Crippen LogP contribution is -2.55. The van der Waals surface area contributed by atoms with E-state index in [0.29, 0.717) is 13.1 Å². The molecule has 20 heavy (non-hydrogen) atoms. The first-order chi connectivity index (χ1) is 9.41. The number of rotatable bonds is 2. The van der Waals surface area contributed by atoms with Crippen molar-refractivity contribution < 1.29 is 14.5 Å². The normalized spacial score (nSPS) is 18.6. The summed E-state index contributed by atoms with van der Waals surface area (Å²) >= 11 is 0. The molecular formula is C13H15N3O4. The Morgan fingerprint density at radius 3 is 2.85 bits per heavy atom. The zero-order chi connectivity index (χ0) is 14.9. The maximum absolute atomic E-state index is 12.5. The van der Waals surface area contributed by atoms with Gasteiger partial charge >= 0.3 is 0 Å². The Morgan fingerprint density at radius 2 is 2.20 bits per heavy atom. The van der Waals surface area contributed by atoms with Crippen molar-refractivity contribution in [3.05, 3.63) is 39.4 Å². The van der Waals surface area contributed by atoms with Crippen molar-refractivity contribution in [2.45, 2.75) is 19.9 Å². The van der Waals surface area contributed by atoms with E-state index < -0.39 is 16.9 Å². The topological polar surface area (TPSA) is 92.6 Å². The van der Waals surface area contributed by atoms with E-state index in [1.165, 1.54) is 17.0 Å². The van der Waals surface area contributed by atoms with Gasteiger partial charge in [-0.15, -0.1) is 0 Å². The number of nitrogens with one attached hydrogen (secondary N) is 1. The highest BCUT2D eigenvalue weighted by Crippen LogP contribution is 2.23. The average molecular weight is 277 g/mol. The first-order valence-corrected chi connectivity index (χ1v) is 6.25. The number of amides is 2. The van der Waals surface area contributed by atoms with E-state index in [1.807, 2.05) is 0 Å². The van der Waals surface area contributed by atoms with Crippen LogP contribution in [0.15, 0.2) is 18.2 Å². The molecule has 1 atom stereocenters. The predicted molar refractivity (Wildman–Crippen MR) is 71.3 cm³/mol. The first-order valence-electron chi connectivity index (χ1n) is 6.25. The van der Waals surface area contributed by atoms with E-state index in [2.05, 4.69) is 5.32 Å². The molecule has 1 aliphatic rings. The second kappa shape index (κ2) is 5.28. The van der Waals surface area contributed by atoms with Crippen molar-refractivity contribution >= 4 is 17.5 Å². The molecule has 1 heterocycles. The summed E-state index contributed by atoms with van der Waals surface area (Å²) in [5.74, 6) is -0.734. The second-order valence-corrected chi connectivity index (χ2v) is 4.74. The van der Waals surface area contributed by atoms with E-state index in [1.54, 1.807) is 19.9 Å². The Balaban J connectivity index is 2.40. The van der Waals surface area contributed by atoms with Gasteiger partial charge in [0.15, 0.2) is 0 Å². The van der Waals surface area contributed by atoms with Gasteiger partial charge in [0.25, 0.3) is 11.6 Å². The lowest BCUT2D eigenvalue weighted by molar-refractivity contribution is -0.385. The summed E-state index contributed by atoms with van der Waals surface area (Å²) in [4.78, 5) is 35.9. The van der Waals surface area contributed by atoms with Gasteiger partial charge in [-0.05, 0) is 25.5 Å². The van der Waals surface area contributed by atoms with Crippen LogP contribution in [0.3, 0.4) is 0 Å². The molecule has 1 saturated heterocycles. The van der Waals surface area contributed by atoms with E-state index in [9.17, 15) is 19.7 Å². The van der Waals surface area contributed by atoms with Crippen molar-refractivity contribution in [1.29, 1.82) is 0 Å². The summed E-state index contributed by atoms with van der Waals surface area (Å²) in [7, 11) is 0. The van der Waals surface area contributed by atoms with Gasteiger partial charge in [0, 0.05) is 19.2 Å². The third-order valence-electron chi connectivity index (χ3n) is 3.34. The largest absolute Gasteiger partial charge is 0.353 e. The zero-order valence-electron chi connectivity index (χ0n) is 11.3. The van der Waals surface area contributed by atoms with E-state index in [0.717, 1.165) is 5.56 Å². The maximum Gasteiger partial charge on any atom is 0.282 e. The molecule has 2 rings (SSSR count). The molecule has 0 spiro atoms. The van der Waals surface area contributed by atoms with Gasteiger partial charge in [0.1, 0.15) is 11.6 Å². The Morgan fingerprint density at radius 1 is 1.50 bits per heavy atom. The van der Waals surface area contributed by atoms with Crippen LogP contribution in [0.4, 0.5) is 5.69 Å². The number of nitrogens with zero attached hydrogens (tertiary/aromatic N) is 2. The lowest BCUT2D eigenvalue weighted by atomic mass is 10.1. The summed E-state index contributed by atoms with van der Waals surface area (Å²) in [6.07, 6.45) is 0. The predicted octanol–water partition coefficient (Wildman–Crippen LogP) is 0.864. The van der Waals surface area contributed by atoms with Crippen LogP contribution < -0.4 is 5.32 Å². The van der Waals surface area contributed by atoms with Crippen molar-refractivity contribution in [3.8, 4) is 0 Å². The van der Waals surface area contributed by atoms with Gasteiger partial charge in [-0.2, -0.15) is 0 Å². The van der Waals surface area contributed by atoms with Crippen LogP contribution in [0.5, 0.6) is 0 Å². The molecule has 1 fully saturated rings. The molecule has 0 aromatic heterocycles. The fourth-order valence-electron chi connectivity index (χ4n) is 2.19. The summed E-state index contributed by atoms with van der Waals surface area (Å²) < 4.78 is 0. The van der Waals surface area contributed by atoms with Gasteiger partial charge in [0.05, 0.1) is 4.92 Å². The van der Waals surface area contributed by atoms with E-state index in [-0.39, 0.29) is 17.2 Å². The molecule has 0 radical (unpaired) electrons. The molecule has 1 aromatic carbocycles. The Hall–Kier alpha value is -2.44. The molecular weight excluding hydrogens is 262 g/mol. The van der Waals surface area contributed by atoms with Gasteiger partial charge in [-0.3, -0.25) is 19.7 Å². The third kappa shape index (κ3) is 2.47. The highest BCUT2D eigenvalue weighted by molar-refractivity contribution is 6.01. The molecule has 2 amide bonds.